The normalized spacial score (nSPS) is 14.0. The van der Waals surface area contributed by atoms with Crippen molar-refractivity contribution in [1.82, 2.24) is 0 Å². The van der Waals surface area contributed by atoms with Gasteiger partial charge in [0.2, 0.25) is 0 Å². The summed E-state index contributed by atoms with van der Waals surface area (Å²) in [5.41, 5.74) is 0. The Hall–Kier alpha value is -1.94. The summed E-state index contributed by atoms with van der Waals surface area (Å²) < 4.78 is 68.7. The highest BCUT2D eigenvalue weighted by atomic mass is 31.2. The van der Waals surface area contributed by atoms with Crippen LogP contribution in [0, 0.1) is 17.8 Å². The van der Waals surface area contributed by atoms with Crippen LogP contribution in [0.5, 0.6) is 0 Å². The molecule has 100 heavy (non-hydrogen) atoms. The molecule has 0 saturated heterocycles. The average Bonchev–Trinajstić information content (AvgIpc) is 0.930. The molecule has 0 amide bonds. The summed E-state index contributed by atoms with van der Waals surface area (Å²) in [6.07, 6.45) is 59.7. The lowest BCUT2D eigenvalue weighted by Crippen LogP contribution is -2.30. The maximum absolute atomic E-state index is 13.1. The standard InChI is InChI=1S/C81H158O17P2/c1-8-9-10-11-12-13-34-41-48-55-62-78(83)91-68-77(98-81(86)65-58-51-44-37-30-33-40-47-54-61-74(6)7)71-96-100(89,90)94-67-75(82)66-93-99(87,88)95-70-76(69-92-79(84)63-56-49-42-35-28-24-21-20-23-27-32-39-46-53-60-73(4)5)97-80(85)64-57-50-43-36-29-25-19-17-15-14-16-18-22-26-31-38-45-52-59-72(2)3/h72-77,82H,8-71H2,1-7H3,(H,87,88)(H,89,90)/t75-,76-,77-/m1/s1. The minimum Gasteiger partial charge on any atom is -0.462 e. The maximum Gasteiger partial charge on any atom is 0.472 e. The number of rotatable bonds is 79. The smallest absolute Gasteiger partial charge is 0.462 e. The second kappa shape index (κ2) is 71.3. The molecule has 2 unspecified atom stereocenters. The van der Waals surface area contributed by atoms with Crippen LogP contribution in [-0.2, 0) is 65.4 Å². The topological polar surface area (TPSA) is 237 Å². The molecule has 5 atom stereocenters. The summed E-state index contributed by atoms with van der Waals surface area (Å²) in [6, 6.07) is 0. The first-order chi connectivity index (χ1) is 48.2. The Morgan fingerprint density at radius 2 is 0.460 bits per heavy atom. The fraction of sp³-hybridized carbons (Fsp3) is 0.951. The minimum absolute atomic E-state index is 0.105. The zero-order valence-electron chi connectivity index (χ0n) is 65.7. The van der Waals surface area contributed by atoms with E-state index < -0.39 is 97.5 Å². The molecule has 3 N–H and O–H groups in total. The molecule has 0 aliphatic rings. The molecule has 0 aromatic heterocycles. The molecular formula is C81H158O17P2. The number of carbonyl (C=O) groups excluding carboxylic acids is 4. The molecular weight excluding hydrogens is 1310 g/mol. The van der Waals surface area contributed by atoms with Crippen molar-refractivity contribution in [3.05, 3.63) is 0 Å². The van der Waals surface area contributed by atoms with E-state index in [9.17, 15) is 43.2 Å². The molecule has 594 valence electrons. The zero-order chi connectivity index (χ0) is 73.7. The highest BCUT2D eigenvalue weighted by molar-refractivity contribution is 7.47. The van der Waals surface area contributed by atoms with Gasteiger partial charge < -0.3 is 33.8 Å². The lowest BCUT2D eigenvalue weighted by atomic mass is 10.0. The minimum atomic E-state index is -4.96. The Balaban J connectivity index is 5.22. The fourth-order valence-corrected chi connectivity index (χ4v) is 14.1. The van der Waals surface area contributed by atoms with Crippen molar-refractivity contribution in [1.29, 1.82) is 0 Å². The third kappa shape index (κ3) is 74.3. The first-order valence-corrected chi connectivity index (χ1v) is 44.8. The molecule has 0 rings (SSSR count). The van der Waals surface area contributed by atoms with Crippen LogP contribution < -0.4 is 0 Å². The predicted molar refractivity (Wildman–Crippen MR) is 409 cm³/mol. The molecule has 0 aliphatic carbocycles. The molecule has 0 aliphatic heterocycles. The first kappa shape index (κ1) is 98.1. The van der Waals surface area contributed by atoms with Crippen molar-refractivity contribution >= 4 is 39.5 Å². The van der Waals surface area contributed by atoms with Crippen molar-refractivity contribution < 1.29 is 80.2 Å². The molecule has 0 radical (unpaired) electrons. The van der Waals surface area contributed by atoms with E-state index >= 15 is 0 Å². The van der Waals surface area contributed by atoms with Crippen LogP contribution in [0.25, 0.3) is 0 Å². The SMILES string of the molecule is CCCCCCCCCCCCC(=O)OC[C@H](COP(=O)(O)OC[C@H](O)COP(=O)(O)OC[C@@H](COC(=O)CCCCCCCCCCCCCCCCC(C)C)OC(=O)CCCCCCCCCCCCCCCCCCCCC(C)C)OC(=O)CCCCCCCCCCCC(C)C. The predicted octanol–water partition coefficient (Wildman–Crippen LogP) is 24.1. The molecule has 0 fully saturated rings. The Bertz CT molecular complexity index is 1940. The second-order valence-corrected chi connectivity index (χ2v) is 33.5. The summed E-state index contributed by atoms with van der Waals surface area (Å²) in [7, 11) is -9.92. The van der Waals surface area contributed by atoms with Crippen LogP contribution in [-0.4, -0.2) is 96.7 Å². The largest absolute Gasteiger partial charge is 0.472 e. The van der Waals surface area contributed by atoms with E-state index in [2.05, 4.69) is 48.5 Å². The number of phosphoric acid groups is 2. The summed E-state index contributed by atoms with van der Waals surface area (Å²) >= 11 is 0. The van der Waals surface area contributed by atoms with Crippen molar-refractivity contribution in [2.75, 3.05) is 39.6 Å². The van der Waals surface area contributed by atoms with Crippen LogP contribution in [0.15, 0.2) is 0 Å². The second-order valence-electron chi connectivity index (χ2n) is 30.6. The highest BCUT2D eigenvalue weighted by Gasteiger charge is 2.30. The van der Waals surface area contributed by atoms with Gasteiger partial charge in [-0.3, -0.25) is 37.3 Å². The van der Waals surface area contributed by atoms with Crippen LogP contribution in [0.3, 0.4) is 0 Å². The number of esters is 4. The number of unbranched alkanes of at least 4 members (excludes halogenated alkanes) is 47. The maximum atomic E-state index is 13.1. The van der Waals surface area contributed by atoms with Crippen molar-refractivity contribution in [3.63, 3.8) is 0 Å². The highest BCUT2D eigenvalue weighted by Crippen LogP contribution is 2.45. The molecule has 0 bridgehead atoms. The number of phosphoric ester groups is 2. The molecule has 0 saturated carbocycles. The van der Waals surface area contributed by atoms with Gasteiger partial charge in [0.15, 0.2) is 12.2 Å². The van der Waals surface area contributed by atoms with E-state index in [1.807, 2.05) is 0 Å². The van der Waals surface area contributed by atoms with Crippen LogP contribution in [0.1, 0.15) is 421 Å². The van der Waals surface area contributed by atoms with E-state index in [1.165, 1.54) is 231 Å². The van der Waals surface area contributed by atoms with Crippen LogP contribution in [0.2, 0.25) is 0 Å². The fourth-order valence-electron chi connectivity index (χ4n) is 12.5. The van der Waals surface area contributed by atoms with Crippen LogP contribution in [0.4, 0.5) is 0 Å². The molecule has 0 spiro atoms. The first-order valence-electron chi connectivity index (χ1n) is 41.8. The van der Waals surface area contributed by atoms with E-state index in [0.29, 0.717) is 25.7 Å². The van der Waals surface area contributed by atoms with E-state index in [0.717, 1.165) is 108 Å². The van der Waals surface area contributed by atoms with E-state index in [-0.39, 0.29) is 25.7 Å². The van der Waals surface area contributed by atoms with Crippen molar-refractivity contribution in [2.24, 2.45) is 17.8 Å². The van der Waals surface area contributed by atoms with Gasteiger partial charge in [0.25, 0.3) is 0 Å². The van der Waals surface area contributed by atoms with Gasteiger partial charge in [0.1, 0.15) is 19.3 Å². The number of ether oxygens (including phenoxy) is 4. The van der Waals surface area contributed by atoms with E-state index in [1.54, 1.807) is 0 Å². The summed E-state index contributed by atoms with van der Waals surface area (Å²) in [6.45, 7) is 12.0. The Labute approximate surface area is 613 Å². The number of carbonyl (C=O) groups is 4. The van der Waals surface area contributed by atoms with Gasteiger partial charge in [-0.15, -0.1) is 0 Å². The average molecular weight is 1470 g/mol. The van der Waals surface area contributed by atoms with Gasteiger partial charge >= 0.3 is 39.5 Å². The summed E-state index contributed by atoms with van der Waals surface area (Å²) in [4.78, 5) is 73.0. The third-order valence-corrected chi connectivity index (χ3v) is 20.8. The van der Waals surface area contributed by atoms with Gasteiger partial charge in [0.05, 0.1) is 26.4 Å². The summed E-state index contributed by atoms with van der Waals surface area (Å²) in [5.74, 6) is 0.244. The molecule has 19 heteroatoms. The Morgan fingerprint density at radius 3 is 0.680 bits per heavy atom. The van der Waals surface area contributed by atoms with Crippen LogP contribution >= 0.6 is 15.6 Å². The monoisotopic (exact) mass is 1470 g/mol. The quantitative estimate of drug-likeness (QED) is 0.0222. The molecule has 0 aromatic rings. The van der Waals surface area contributed by atoms with Crippen molar-refractivity contribution in [2.45, 2.75) is 439 Å². The van der Waals surface area contributed by atoms with Gasteiger partial charge in [-0.1, -0.05) is 370 Å². The lowest BCUT2D eigenvalue weighted by Gasteiger charge is -2.21. The third-order valence-electron chi connectivity index (χ3n) is 18.9. The number of hydrogen-bond donors (Lipinski definition) is 3. The van der Waals surface area contributed by atoms with Gasteiger partial charge in [0, 0.05) is 25.7 Å². The Kier molecular flexibility index (Phi) is 69.9. The summed E-state index contributed by atoms with van der Waals surface area (Å²) in [5, 5.41) is 10.6. The Morgan fingerprint density at radius 1 is 0.270 bits per heavy atom. The van der Waals surface area contributed by atoms with Gasteiger partial charge in [-0.05, 0) is 43.4 Å². The molecule has 0 heterocycles. The number of aliphatic hydroxyl groups is 1. The molecule has 0 aromatic carbocycles. The van der Waals surface area contributed by atoms with Crippen molar-refractivity contribution in [3.8, 4) is 0 Å². The number of aliphatic hydroxyl groups excluding tert-OH is 1. The van der Waals surface area contributed by atoms with E-state index in [4.69, 9.17) is 37.0 Å². The molecule has 17 nitrogen and oxygen atoms in total. The lowest BCUT2D eigenvalue weighted by molar-refractivity contribution is -0.161. The van der Waals surface area contributed by atoms with Gasteiger partial charge in [-0.25, -0.2) is 9.13 Å². The zero-order valence-corrected chi connectivity index (χ0v) is 67.5. The number of hydrogen-bond acceptors (Lipinski definition) is 15. The van der Waals surface area contributed by atoms with Gasteiger partial charge in [-0.2, -0.15) is 0 Å².